The van der Waals surface area contributed by atoms with Crippen LogP contribution in [0.25, 0.3) is 10.1 Å². The van der Waals surface area contributed by atoms with E-state index >= 15 is 0 Å². The minimum Gasteiger partial charge on any atom is -0.493 e. The highest BCUT2D eigenvalue weighted by atomic mass is 32.1. The molecule has 1 N–H and O–H groups in total. The number of rotatable bonds is 6. The zero-order valence-electron chi connectivity index (χ0n) is 11.6. The molecule has 0 saturated carbocycles. The summed E-state index contributed by atoms with van der Waals surface area (Å²) in [5.74, 6) is 0.0687. The number of Topliss-reactive ketones (excluding diaryl/α,β-unsaturated/α-hetero) is 1. The Morgan fingerprint density at radius 3 is 2.52 bits per heavy atom. The van der Waals surface area contributed by atoms with Crippen molar-refractivity contribution < 1.29 is 24.2 Å². The maximum absolute atomic E-state index is 12.0. The molecule has 2 aromatic rings. The zero-order chi connectivity index (χ0) is 15.6. The molecule has 21 heavy (non-hydrogen) atoms. The number of carbonyl (C=O) groups excluding carboxylic acids is 1. The van der Waals surface area contributed by atoms with Gasteiger partial charge in [0.15, 0.2) is 17.3 Å². The van der Waals surface area contributed by atoms with Crippen molar-refractivity contribution in [1.82, 2.24) is 0 Å². The van der Waals surface area contributed by atoms with E-state index in [0.717, 1.165) is 15.4 Å². The summed E-state index contributed by atoms with van der Waals surface area (Å²) in [4.78, 5) is 23.1. The van der Waals surface area contributed by atoms with Crippen molar-refractivity contribution in [1.29, 1.82) is 0 Å². The van der Waals surface area contributed by atoms with Gasteiger partial charge in [-0.25, -0.2) is 0 Å². The summed E-state index contributed by atoms with van der Waals surface area (Å²) in [6.45, 7) is 0. The molecule has 0 amide bonds. The molecule has 0 bridgehead atoms. The number of carboxylic acids is 1. The molecule has 0 fully saturated rings. The zero-order valence-corrected chi connectivity index (χ0v) is 13.6. The lowest BCUT2D eigenvalue weighted by molar-refractivity contribution is -0.136. The highest BCUT2D eigenvalue weighted by molar-refractivity contribution is 7.29. The van der Waals surface area contributed by atoms with Crippen molar-refractivity contribution in [2.24, 2.45) is 0 Å². The molecule has 0 aliphatic heterocycles. The number of hydrogen-bond donors (Lipinski definition) is 1. The summed E-state index contributed by atoms with van der Waals surface area (Å²) in [6, 6.07) is 3.59. The Balaban J connectivity index is 2.44. The molecule has 7 heteroatoms. The Hall–Kier alpha value is -1.65. The molecule has 1 unspecified atom stereocenters. The molecule has 1 atom stereocenters. The van der Waals surface area contributed by atoms with Gasteiger partial charge in [0.1, 0.15) is 0 Å². The van der Waals surface area contributed by atoms with Crippen LogP contribution in [0.2, 0.25) is 0 Å². The first-order valence-electron chi connectivity index (χ1n) is 6.17. The van der Waals surface area contributed by atoms with Gasteiger partial charge in [0.2, 0.25) is 0 Å². The van der Waals surface area contributed by atoms with Gasteiger partial charge >= 0.3 is 5.97 Å². The monoisotopic (exact) mass is 326 g/mol. The van der Waals surface area contributed by atoms with Crippen LogP contribution in [0, 0.1) is 0 Å². The number of aliphatic carboxylic acids is 1. The van der Waals surface area contributed by atoms with Gasteiger partial charge in [-0.15, -0.1) is 20.6 Å². The standard InChI is InChI=1S/C14H15O5PS/c1-18-9-6-10-7(14(20)13(9)19-2)5-11(21-10)8(15)3-4-12(16)17/h5-6H,3-4,20H2,1-2H3,(H,16,17). The van der Waals surface area contributed by atoms with E-state index in [9.17, 15) is 9.59 Å². The minimum atomic E-state index is -0.973. The van der Waals surface area contributed by atoms with Crippen LogP contribution in [0.1, 0.15) is 22.5 Å². The average molecular weight is 326 g/mol. The molecule has 112 valence electrons. The van der Waals surface area contributed by atoms with E-state index in [0.29, 0.717) is 16.4 Å². The summed E-state index contributed by atoms with van der Waals surface area (Å²) >= 11 is 1.33. The van der Waals surface area contributed by atoms with Gasteiger partial charge in [0.05, 0.1) is 25.5 Å². The highest BCUT2D eigenvalue weighted by Gasteiger charge is 2.17. The van der Waals surface area contributed by atoms with Crippen LogP contribution in [-0.2, 0) is 4.79 Å². The van der Waals surface area contributed by atoms with E-state index < -0.39 is 5.97 Å². The first kappa shape index (κ1) is 15.7. The summed E-state index contributed by atoms with van der Waals surface area (Å²) in [7, 11) is 5.71. The SMILES string of the molecule is COc1cc2sc(C(=O)CCC(=O)O)cc2c(P)c1OC. The van der Waals surface area contributed by atoms with Gasteiger partial charge in [-0.1, -0.05) is 0 Å². The Morgan fingerprint density at radius 2 is 1.95 bits per heavy atom. The molecule has 1 heterocycles. The second-order valence-corrected chi connectivity index (χ2v) is 6.03. The predicted octanol–water partition coefficient (Wildman–Crippen LogP) is 2.47. The quantitative estimate of drug-likeness (QED) is 0.652. The number of ether oxygens (including phenoxy) is 2. The van der Waals surface area contributed by atoms with E-state index in [1.165, 1.54) is 11.3 Å². The second-order valence-electron chi connectivity index (χ2n) is 4.37. The average Bonchev–Trinajstić information content (AvgIpc) is 2.88. The highest BCUT2D eigenvalue weighted by Crippen LogP contribution is 2.36. The third-order valence-electron chi connectivity index (χ3n) is 3.05. The van der Waals surface area contributed by atoms with Crippen LogP contribution in [-0.4, -0.2) is 31.1 Å². The van der Waals surface area contributed by atoms with E-state index in [-0.39, 0.29) is 18.6 Å². The van der Waals surface area contributed by atoms with Crippen LogP contribution in [0.3, 0.4) is 0 Å². The molecule has 0 spiro atoms. The van der Waals surface area contributed by atoms with Crippen LogP contribution < -0.4 is 14.8 Å². The number of benzene rings is 1. The summed E-state index contributed by atoms with van der Waals surface area (Å²) in [5, 5.41) is 10.4. The molecule has 0 saturated heterocycles. The van der Waals surface area contributed by atoms with Crippen LogP contribution in [0.4, 0.5) is 0 Å². The predicted molar refractivity (Wildman–Crippen MR) is 85.5 cm³/mol. The van der Waals surface area contributed by atoms with Crippen molar-refractivity contribution in [3.63, 3.8) is 0 Å². The van der Waals surface area contributed by atoms with E-state index in [2.05, 4.69) is 9.24 Å². The van der Waals surface area contributed by atoms with Gasteiger partial charge in [0.25, 0.3) is 0 Å². The second kappa shape index (κ2) is 6.41. The van der Waals surface area contributed by atoms with Crippen molar-refractivity contribution in [3.8, 4) is 11.5 Å². The minimum absolute atomic E-state index is 0.00259. The van der Waals surface area contributed by atoms with E-state index in [4.69, 9.17) is 14.6 Å². The first-order valence-corrected chi connectivity index (χ1v) is 7.56. The van der Waals surface area contributed by atoms with E-state index in [1.807, 2.05) is 6.07 Å². The van der Waals surface area contributed by atoms with Gasteiger partial charge in [-0.05, 0) is 6.07 Å². The van der Waals surface area contributed by atoms with Gasteiger partial charge in [0, 0.05) is 27.9 Å². The summed E-state index contributed by atoms with van der Waals surface area (Å²) < 4.78 is 11.5. The molecule has 5 nitrogen and oxygen atoms in total. The molecule has 0 aliphatic carbocycles. The number of thiophene rings is 1. The van der Waals surface area contributed by atoms with Gasteiger partial charge < -0.3 is 14.6 Å². The number of carboxylic acid groups (broad SMARTS) is 1. The Morgan fingerprint density at radius 1 is 1.24 bits per heavy atom. The summed E-state index contributed by atoms with van der Waals surface area (Å²) in [6.07, 6.45) is -0.157. The van der Waals surface area contributed by atoms with Crippen molar-refractivity contribution in [2.75, 3.05) is 14.2 Å². The van der Waals surface area contributed by atoms with Crippen LogP contribution in [0.15, 0.2) is 12.1 Å². The molecule has 0 aliphatic rings. The largest absolute Gasteiger partial charge is 0.493 e. The molecule has 2 rings (SSSR count). The fourth-order valence-corrected chi connectivity index (χ4v) is 3.68. The molecule has 1 aromatic carbocycles. The molecule has 1 aromatic heterocycles. The summed E-state index contributed by atoms with van der Waals surface area (Å²) in [5.41, 5.74) is 0. The smallest absolute Gasteiger partial charge is 0.303 e. The molecular formula is C14H15O5PS. The fraction of sp³-hybridized carbons (Fsp3) is 0.286. The van der Waals surface area contributed by atoms with E-state index in [1.54, 1.807) is 20.3 Å². The third kappa shape index (κ3) is 3.17. The normalized spacial score (nSPS) is 10.6. The van der Waals surface area contributed by atoms with Gasteiger partial charge in [-0.3, -0.25) is 9.59 Å². The maximum Gasteiger partial charge on any atom is 0.303 e. The number of ketones is 1. The fourth-order valence-electron chi connectivity index (χ4n) is 2.01. The van der Waals surface area contributed by atoms with Crippen molar-refractivity contribution in [2.45, 2.75) is 12.8 Å². The molecule has 0 radical (unpaired) electrons. The number of fused-ring (bicyclic) bond motifs is 1. The topological polar surface area (TPSA) is 72.8 Å². The Labute approximate surface area is 128 Å². The Kier molecular flexibility index (Phi) is 4.80. The number of methoxy groups -OCH3 is 2. The lowest BCUT2D eigenvalue weighted by Gasteiger charge is -2.10. The Bertz CT molecular complexity index is 707. The lowest BCUT2D eigenvalue weighted by atomic mass is 10.1. The third-order valence-corrected chi connectivity index (χ3v) is 4.74. The van der Waals surface area contributed by atoms with Gasteiger partial charge in [-0.2, -0.15) is 0 Å². The van der Waals surface area contributed by atoms with Crippen molar-refractivity contribution >= 4 is 47.7 Å². The van der Waals surface area contributed by atoms with Crippen LogP contribution in [0.5, 0.6) is 11.5 Å². The van der Waals surface area contributed by atoms with Crippen LogP contribution >= 0.6 is 20.6 Å². The first-order chi connectivity index (χ1) is 9.97. The molecular weight excluding hydrogens is 311 g/mol. The number of hydrogen-bond acceptors (Lipinski definition) is 5. The lowest BCUT2D eigenvalue weighted by Crippen LogP contribution is -2.03. The van der Waals surface area contributed by atoms with Crippen molar-refractivity contribution in [3.05, 3.63) is 17.0 Å². The maximum atomic E-state index is 12.0. The number of carbonyl (C=O) groups is 2.